The predicted molar refractivity (Wildman–Crippen MR) is 106 cm³/mol. The van der Waals surface area contributed by atoms with Crippen LogP contribution in [0.4, 0.5) is 5.95 Å². The van der Waals surface area contributed by atoms with Gasteiger partial charge in [0.25, 0.3) is 0 Å². The van der Waals surface area contributed by atoms with Crippen molar-refractivity contribution in [3.63, 3.8) is 0 Å². The van der Waals surface area contributed by atoms with Crippen molar-refractivity contribution < 1.29 is 4.79 Å². The molecule has 3 aromatic rings. The number of amides is 1. The van der Waals surface area contributed by atoms with Crippen LogP contribution in [0.1, 0.15) is 23.4 Å². The molecule has 0 saturated carbocycles. The lowest BCUT2D eigenvalue weighted by atomic mass is 9.88. The number of pyridine rings is 1. The fourth-order valence-corrected chi connectivity index (χ4v) is 4.36. The third-order valence-corrected chi connectivity index (χ3v) is 5.91. The number of hydrogen-bond donors (Lipinski definition) is 0. The van der Waals surface area contributed by atoms with Gasteiger partial charge in [-0.1, -0.05) is 0 Å². The number of imidazole rings is 1. The van der Waals surface area contributed by atoms with Crippen LogP contribution in [0.25, 0.3) is 5.65 Å². The quantitative estimate of drug-likeness (QED) is 0.683. The Balaban J connectivity index is 1.28. The van der Waals surface area contributed by atoms with Crippen molar-refractivity contribution in [2.24, 2.45) is 5.92 Å². The molecule has 2 aliphatic rings. The van der Waals surface area contributed by atoms with Gasteiger partial charge in [-0.05, 0) is 43.5 Å². The molecular formula is C21H24N6O. The van der Waals surface area contributed by atoms with Crippen LogP contribution in [-0.2, 0) is 17.6 Å². The molecule has 1 amide bonds. The maximum Gasteiger partial charge on any atom is 0.226 e. The highest BCUT2D eigenvalue weighted by molar-refractivity contribution is 5.80. The Morgan fingerprint density at radius 2 is 1.93 bits per heavy atom. The van der Waals surface area contributed by atoms with Crippen LogP contribution in [0.3, 0.4) is 0 Å². The van der Waals surface area contributed by atoms with E-state index in [1.807, 2.05) is 11.0 Å². The minimum Gasteiger partial charge on any atom is -0.339 e. The lowest BCUT2D eigenvalue weighted by molar-refractivity contribution is -0.136. The van der Waals surface area contributed by atoms with Gasteiger partial charge in [-0.2, -0.15) is 0 Å². The smallest absolute Gasteiger partial charge is 0.226 e. The first-order valence-electron chi connectivity index (χ1n) is 9.96. The van der Waals surface area contributed by atoms with Crippen molar-refractivity contribution in [3.05, 3.63) is 53.7 Å². The molecule has 3 aromatic heterocycles. The highest BCUT2D eigenvalue weighted by Crippen LogP contribution is 2.28. The van der Waals surface area contributed by atoms with Crippen molar-refractivity contribution in [1.82, 2.24) is 24.3 Å². The Morgan fingerprint density at radius 1 is 1.14 bits per heavy atom. The first kappa shape index (κ1) is 17.2. The zero-order chi connectivity index (χ0) is 19.1. The number of hydrogen-bond acceptors (Lipinski definition) is 5. The molecule has 0 radical (unpaired) electrons. The molecule has 0 spiro atoms. The average molecular weight is 376 g/mol. The maximum atomic E-state index is 13.2. The van der Waals surface area contributed by atoms with Crippen LogP contribution in [0.2, 0.25) is 0 Å². The monoisotopic (exact) mass is 376 g/mol. The molecule has 1 atom stereocenters. The summed E-state index contributed by atoms with van der Waals surface area (Å²) in [7, 11) is 0. The first-order chi connectivity index (χ1) is 13.7. The Hall–Kier alpha value is -2.96. The van der Waals surface area contributed by atoms with Gasteiger partial charge in [0.1, 0.15) is 5.65 Å². The van der Waals surface area contributed by atoms with Gasteiger partial charge in [-0.15, -0.1) is 0 Å². The Bertz CT molecular complexity index is 1010. The lowest BCUT2D eigenvalue weighted by Crippen LogP contribution is -2.51. The van der Waals surface area contributed by atoms with E-state index in [9.17, 15) is 4.79 Å². The summed E-state index contributed by atoms with van der Waals surface area (Å²) in [6, 6.07) is 6.04. The summed E-state index contributed by atoms with van der Waals surface area (Å²) in [5.74, 6) is 1.08. The Morgan fingerprint density at radius 3 is 2.71 bits per heavy atom. The fraction of sp³-hybridized carbons (Fsp3) is 0.429. The average Bonchev–Trinajstić information content (AvgIpc) is 3.10. The molecular weight excluding hydrogens is 352 g/mol. The largest absolute Gasteiger partial charge is 0.339 e. The summed E-state index contributed by atoms with van der Waals surface area (Å²) >= 11 is 0. The third-order valence-electron chi connectivity index (χ3n) is 5.91. The van der Waals surface area contributed by atoms with Crippen LogP contribution in [0.5, 0.6) is 0 Å². The van der Waals surface area contributed by atoms with Gasteiger partial charge in [0, 0.05) is 62.8 Å². The molecule has 28 heavy (non-hydrogen) atoms. The lowest BCUT2D eigenvalue weighted by Gasteiger charge is -2.37. The summed E-state index contributed by atoms with van der Waals surface area (Å²) in [6.07, 6.45) is 8.15. The number of piperazine rings is 1. The molecule has 1 fully saturated rings. The van der Waals surface area contributed by atoms with Crippen LogP contribution >= 0.6 is 0 Å². The van der Waals surface area contributed by atoms with E-state index >= 15 is 0 Å². The number of aryl methyl sites for hydroxylation is 2. The van der Waals surface area contributed by atoms with Gasteiger partial charge in [0.2, 0.25) is 11.9 Å². The number of anilines is 1. The van der Waals surface area contributed by atoms with Gasteiger partial charge in [-0.3, -0.25) is 4.79 Å². The van der Waals surface area contributed by atoms with E-state index in [0.717, 1.165) is 62.7 Å². The van der Waals surface area contributed by atoms with E-state index in [-0.39, 0.29) is 11.8 Å². The van der Waals surface area contributed by atoms with Crippen molar-refractivity contribution >= 4 is 17.5 Å². The molecule has 1 unspecified atom stereocenters. The highest BCUT2D eigenvalue weighted by atomic mass is 16.2. The van der Waals surface area contributed by atoms with Crippen molar-refractivity contribution in [1.29, 1.82) is 0 Å². The Labute approximate surface area is 164 Å². The second-order valence-corrected chi connectivity index (χ2v) is 7.74. The van der Waals surface area contributed by atoms with Gasteiger partial charge in [0.15, 0.2) is 0 Å². The number of nitrogens with zero attached hydrogens (tertiary/aromatic N) is 6. The number of rotatable bonds is 2. The van der Waals surface area contributed by atoms with E-state index in [1.165, 1.54) is 11.3 Å². The van der Waals surface area contributed by atoms with Crippen molar-refractivity contribution in [3.8, 4) is 0 Å². The summed E-state index contributed by atoms with van der Waals surface area (Å²) < 4.78 is 2.16. The molecule has 144 valence electrons. The zero-order valence-corrected chi connectivity index (χ0v) is 16.1. The second-order valence-electron chi connectivity index (χ2n) is 7.74. The van der Waals surface area contributed by atoms with Crippen LogP contribution in [0, 0.1) is 12.8 Å². The number of carbonyl (C=O) groups is 1. The molecule has 1 saturated heterocycles. The van der Waals surface area contributed by atoms with Crippen LogP contribution in [-0.4, -0.2) is 56.3 Å². The van der Waals surface area contributed by atoms with Gasteiger partial charge < -0.3 is 14.2 Å². The summed E-state index contributed by atoms with van der Waals surface area (Å²) in [4.78, 5) is 30.7. The molecule has 4 heterocycles. The predicted octanol–water partition coefficient (Wildman–Crippen LogP) is 1.89. The minimum atomic E-state index is 0.0493. The van der Waals surface area contributed by atoms with E-state index < -0.39 is 0 Å². The summed E-state index contributed by atoms with van der Waals surface area (Å²) in [5, 5.41) is 0. The molecule has 0 aromatic carbocycles. The van der Waals surface area contributed by atoms with E-state index in [2.05, 4.69) is 44.5 Å². The summed E-state index contributed by atoms with van der Waals surface area (Å²) in [6.45, 7) is 5.10. The molecule has 0 N–H and O–H groups in total. The minimum absolute atomic E-state index is 0.0493. The van der Waals surface area contributed by atoms with Gasteiger partial charge in [-0.25, -0.2) is 15.0 Å². The van der Waals surface area contributed by atoms with Gasteiger partial charge in [0.05, 0.1) is 5.69 Å². The standard InChI is InChI=1S/C21H24N6O/c1-15-5-8-27-18-14-16(3-4-17(18)24-19(27)13-15)20(28)25-9-11-26(12-10-25)21-22-6-2-7-23-21/h2,5-8,13,16H,3-4,9-12,14H2,1H3. The fourth-order valence-electron chi connectivity index (χ4n) is 4.36. The topological polar surface area (TPSA) is 66.6 Å². The van der Waals surface area contributed by atoms with Crippen molar-refractivity contribution in [2.75, 3.05) is 31.1 Å². The van der Waals surface area contributed by atoms with E-state index in [1.54, 1.807) is 12.4 Å². The molecule has 1 aliphatic carbocycles. The molecule has 0 bridgehead atoms. The molecule has 7 nitrogen and oxygen atoms in total. The maximum absolute atomic E-state index is 13.2. The molecule has 1 aliphatic heterocycles. The molecule has 7 heteroatoms. The number of aromatic nitrogens is 4. The normalized spacial score (nSPS) is 19.7. The second kappa shape index (κ2) is 6.89. The number of carbonyl (C=O) groups excluding carboxylic acids is 1. The Kier molecular flexibility index (Phi) is 4.22. The summed E-state index contributed by atoms with van der Waals surface area (Å²) in [5.41, 5.74) is 4.56. The third kappa shape index (κ3) is 3.00. The van der Waals surface area contributed by atoms with Crippen LogP contribution in [0.15, 0.2) is 36.8 Å². The SMILES string of the molecule is Cc1ccn2c3c(nc2c1)CCC(C(=O)N1CCN(c2ncccn2)CC1)C3. The van der Waals surface area contributed by atoms with Crippen molar-refractivity contribution in [2.45, 2.75) is 26.2 Å². The van der Waals surface area contributed by atoms with E-state index in [4.69, 9.17) is 4.98 Å². The van der Waals surface area contributed by atoms with Crippen LogP contribution < -0.4 is 4.90 Å². The van der Waals surface area contributed by atoms with E-state index in [0.29, 0.717) is 0 Å². The first-order valence-corrected chi connectivity index (χ1v) is 9.96. The number of fused-ring (bicyclic) bond motifs is 3. The zero-order valence-electron chi connectivity index (χ0n) is 16.1. The highest BCUT2D eigenvalue weighted by Gasteiger charge is 2.32. The van der Waals surface area contributed by atoms with Gasteiger partial charge >= 0.3 is 0 Å². The molecule has 5 rings (SSSR count).